The molecular formula is C10H19N3O5. The van der Waals surface area contributed by atoms with E-state index in [0.717, 1.165) is 0 Å². The van der Waals surface area contributed by atoms with Crippen molar-refractivity contribution in [3.63, 3.8) is 0 Å². The van der Waals surface area contributed by atoms with Crippen LogP contribution < -0.4 is 10.6 Å². The number of nitrogens with one attached hydrogen (secondary N) is 2. The maximum atomic E-state index is 11.4. The largest absolute Gasteiger partial charge is 0.481 e. The second-order valence-electron chi connectivity index (χ2n) is 4.16. The van der Waals surface area contributed by atoms with Crippen LogP contribution in [-0.4, -0.2) is 65.8 Å². The lowest BCUT2D eigenvalue weighted by atomic mass is 10.2. The summed E-state index contributed by atoms with van der Waals surface area (Å²) in [4.78, 5) is 34.4. The van der Waals surface area contributed by atoms with E-state index in [4.69, 9.17) is 10.2 Å². The number of aliphatic carboxylic acids is 2. The molecule has 8 heteroatoms. The maximum absolute atomic E-state index is 11.4. The van der Waals surface area contributed by atoms with E-state index in [1.807, 2.05) is 25.9 Å². The first-order chi connectivity index (χ1) is 8.23. The monoisotopic (exact) mass is 261 g/mol. The van der Waals surface area contributed by atoms with Gasteiger partial charge in [0.2, 0.25) is 0 Å². The fraction of sp³-hybridized carbons (Fsp3) is 0.700. The fourth-order valence-electron chi connectivity index (χ4n) is 1.01. The number of carbonyl (C=O) groups excluding carboxylic acids is 1. The van der Waals surface area contributed by atoms with E-state index >= 15 is 0 Å². The second kappa shape index (κ2) is 7.49. The summed E-state index contributed by atoms with van der Waals surface area (Å²) in [7, 11) is 3.68. The number of hydrogen-bond donors (Lipinski definition) is 4. The minimum atomic E-state index is -1.43. The molecule has 2 amide bonds. The van der Waals surface area contributed by atoms with Crippen molar-refractivity contribution in [2.24, 2.45) is 0 Å². The molecule has 0 radical (unpaired) electrons. The van der Waals surface area contributed by atoms with E-state index in [-0.39, 0.29) is 6.04 Å². The Balaban J connectivity index is 4.18. The lowest BCUT2D eigenvalue weighted by Gasteiger charge is -2.20. The van der Waals surface area contributed by atoms with Crippen LogP contribution in [0.2, 0.25) is 0 Å². The Bertz CT molecular complexity index is 319. The molecule has 0 aliphatic heterocycles. The number of amides is 2. The van der Waals surface area contributed by atoms with Gasteiger partial charge in [0.05, 0.1) is 6.42 Å². The van der Waals surface area contributed by atoms with Crippen molar-refractivity contribution in [3.8, 4) is 0 Å². The second-order valence-corrected chi connectivity index (χ2v) is 4.16. The van der Waals surface area contributed by atoms with E-state index in [2.05, 4.69) is 10.6 Å². The molecule has 0 aromatic rings. The zero-order valence-corrected chi connectivity index (χ0v) is 10.6. The summed E-state index contributed by atoms with van der Waals surface area (Å²) in [6.45, 7) is 2.21. The first kappa shape index (κ1) is 16.2. The third-order valence-corrected chi connectivity index (χ3v) is 2.42. The number of nitrogens with zero attached hydrogens (tertiary/aromatic N) is 1. The van der Waals surface area contributed by atoms with E-state index in [1.165, 1.54) is 0 Å². The molecule has 0 aromatic carbocycles. The van der Waals surface area contributed by atoms with Crippen molar-refractivity contribution in [1.29, 1.82) is 0 Å². The van der Waals surface area contributed by atoms with Crippen molar-refractivity contribution in [2.45, 2.75) is 25.4 Å². The Kier molecular flexibility index (Phi) is 6.73. The van der Waals surface area contributed by atoms with E-state index < -0.39 is 30.4 Å². The molecule has 0 fully saturated rings. The molecular weight excluding hydrogens is 242 g/mol. The molecule has 0 aliphatic carbocycles. The minimum Gasteiger partial charge on any atom is -0.481 e. The number of rotatable bonds is 7. The topological polar surface area (TPSA) is 119 Å². The number of hydrogen-bond acceptors (Lipinski definition) is 4. The smallest absolute Gasteiger partial charge is 0.326 e. The maximum Gasteiger partial charge on any atom is 0.326 e. The molecule has 0 bridgehead atoms. The number of carboxylic acids is 2. The quantitative estimate of drug-likeness (QED) is 0.474. The van der Waals surface area contributed by atoms with Gasteiger partial charge >= 0.3 is 18.0 Å². The summed E-state index contributed by atoms with van der Waals surface area (Å²) in [5.41, 5.74) is 0. The Labute approximate surface area is 105 Å². The lowest BCUT2D eigenvalue weighted by Crippen LogP contribution is -2.49. The van der Waals surface area contributed by atoms with Gasteiger partial charge in [-0.15, -0.1) is 0 Å². The molecule has 18 heavy (non-hydrogen) atoms. The van der Waals surface area contributed by atoms with Crippen LogP contribution >= 0.6 is 0 Å². The first-order valence-electron chi connectivity index (χ1n) is 5.39. The highest BCUT2D eigenvalue weighted by atomic mass is 16.4. The molecule has 0 heterocycles. The average molecular weight is 261 g/mol. The van der Waals surface area contributed by atoms with Crippen LogP contribution in [0.3, 0.4) is 0 Å². The van der Waals surface area contributed by atoms with Crippen LogP contribution in [0, 0.1) is 0 Å². The Morgan fingerprint density at radius 2 is 1.78 bits per heavy atom. The van der Waals surface area contributed by atoms with E-state index in [9.17, 15) is 14.4 Å². The number of carboxylic acid groups (broad SMARTS) is 2. The number of carbonyl (C=O) groups is 3. The summed E-state index contributed by atoms with van der Waals surface area (Å²) in [5, 5.41) is 21.8. The van der Waals surface area contributed by atoms with Crippen LogP contribution in [0.5, 0.6) is 0 Å². The molecule has 0 spiro atoms. The van der Waals surface area contributed by atoms with Gasteiger partial charge in [0.25, 0.3) is 0 Å². The molecule has 0 rings (SSSR count). The van der Waals surface area contributed by atoms with Gasteiger partial charge in [-0.3, -0.25) is 4.79 Å². The summed E-state index contributed by atoms with van der Waals surface area (Å²) in [6, 6.07) is -2.05. The van der Waals surface area contributed by atoms with Crippen LogP contribution in [0.4, 0.5) is 4.79 Å². The molecule has 2 atom stereocenters. The third-order valence-electron chi connectivity index (χ3n) is 2.42. The summed E-state index contributed by atoms with van der Waals surface area (Å²) >= 11 is 0. The Morgan fingerprint density at radius 1 is 1.22 bits per heavy atom. The third kappa shape index (κ3) is 6.69. The van der Waals surface area contributed by atoms with Gasteiger partial charge in [0.15, 0.2) is 0 Å². The SMILES string of the molecule is CC(CNC(=O)N[C@H](CC(=O)O)C(=O)O)N(C)C. The zero-order chi connectivity index (χ0) is 14.3. The molecule has 1 unspecified atom stereocenters. The van der Waals surface area contributed by atoms with Gasteiger partial charge in [0.1, 0.15) is 6.04 Å². The molecule has 0 aromatic heterocycles. The molecule has 8 nitrogen and oxygen atoms in total. The predicted molar refractivity (Wildman–Crippen MR) is 63.4 cm³/mol. The zero-order valence-electron chi connectivity index (χ0n) is 10.6. The standard InChI is InChI=1S/C10H19N3O5/c1-6(13(2)3)5-11-10(18)12-7(9(16)17)4-8(14)15/h6-7H,4-5H2,1-3H3,(H,14,15)(H,16,17)(H2,11,12,18)/t6?,7-/m1/s1. The normalized spacial score (nSPS) is 13.8. The van der Waals surface area contributed by atoms with Crippen LogP contribution in [-0.2, 0) is 9.59 Å². The highest BCUT2D eigenvalue weighted by Gasteiger charge is 2.23. The van der Waals surface area contributed by atoms with Gasteiger partial charge in [-0.25, -0.2) is 9.59 Å². The summed E-state index contributed by atoms with van der Waals surface area (Å²) in [6.07, 6.45) is -0.661. The fourth-order valence-corrected chi connectivity index (χ4v) is 1.01. The van der Waals surface area contributed by atoms with Crippen LogP contribution in [0.25, 0.3) is 0 Å². The van der Waals surface area contributed by atoms with Crippen LogP contribution in [0.1, 0.15) is 13.3 Å². The van der Waals surface area contributed by atoms with Gasteiger partial charge in [0, 0.05) is 12.6 Å². The molecule has 0 aliphatic rings. The predicted octanol–water partition coefficient (Wildman–Crippen LogP) is -0.836. The minimum absolute atomic E-state index is 0.0819. The van der Waals surface area contributed by atoms with E-state index in [1.54, 1.807) is 0 Å². The van der Waals surface area contributed by atoms with Crippen molar-refractivity contribution in [3.05, 3.63) is 0 Å². The first-order valence-corrected chi connectivity index (χ1v) is 5.39. The van der Waals surface area contributed by atoms with Crippen LogP contribution in [0.15, 0.2) is 0 Å². The molecule has 4 N–H and O–H groups in total. The average Bonchev–Trinajstić information content (AvgIpc) is 2.23. The Hall–Kier alpha value is -1.83. The van der Waals surface area contributed by atoms with Gasteiger partial charge in [-0.1, -0.05) is 0 Å². The highest BCUT2D eigenvalue weighted by molar-refractivity contribution is 5.86. The lowest BCUT2D eigenvalue weighted by molar-refractivity contribution is -0.145. The van der Waals surface area contributed by atoms with E-state index in [0.29, 0.717) is 6.54 Å². The highest BCUT2D eigenvalue weighted by Crippen LogP contribution is 1.93. The van der Waals surface area contributed by atoms with Gasteiger partial charge < -0.3 is 25.7 Å². The van der Waals surface area contributed by atoms with Gasteiger partial charge in [-0.05, 0) is 21.0 Å². The molecule has 104 valence electrons. The molecule has 0 saturated heterocycles. The number of urea groups is 1. The van der Waals surface area contributed by atoms with Crippen molar-refractivity contribution in [2.75, 3.05) is 20.6 Å². The van der Waals surface area contributed by atoms with Gasteiger partial charge in [-0.2, -0.15) is 0 Å². The number of likely N-dealkylation sites (N-methyl/N-ethyl adjacent to an activating group) is 1. The summed E-state index contributed by atoms with van der Waals surface area (Å²) in [5.74, 6) is -2.67. The Morgan fingerprint density at radius 3 is 2.17 bits per heavy atom. The molecule has 0 saturated carbocycles. The summed E-state index contributed by atoms with van der Waals surface area (Å²) < 4.78 is 0. The van der Waals surface area contributed by atoms with Crippen molar-refractivity contribution < 1.29 is 24.6 Å². The van der Waals surface area contributed by atoms with Crippen molar-refractivity contribution in [1.82, 2.24) is 15.5 Å². The van der Waals surface area contributed by atoms with Crippen molar-refractivity contribution >= 4 is 18.0 Å².